The van der Waals surface area contributed by atoms with Crippen LogP contribution in [0.15, 0.2) is 134 Å². The summed E-state index contributed by atoms with van der Waals surface area (Å²) in [4.78, 5) is 26.3. The molecular weight excluding hydrogens is 536 g/mol. The lowest BCUT2D eigenvalue weighted by Crippen LogP contribution is -2.06. The number of hydrogen-bond acceptors (Lipinski definition) is 6. The third-order valence-corrected chi connectivity index (χ3v) is 8.53. The molecule has 0 aliphatic heterocycles. The van der Waals surface area contributed by atoms with Crippen molar-refractivity contribution in [1.29, 1.82) is 0 Å². The highest BCUT2D eigenvalue weighted by molar-refractivity contribution is 7.21. The summed E-state index contributed by atoms with van der Waals surface area (Å²) in [6.45, 7) is 0. The second-order valence-electron chi connectivity index (χ2n) is 9.83. The Labute approximate surface area is 245 Å². The maximum Gasteiger partial charge on any atom is 0.238 e. The van der Waals surface area contributed by atoms with Crippen LogP contribution in [0.25, 0.3) is 71.4 Å². The molecule has 0 saturated heterocycles. The smallest absolute Gasteiger partial charge is 0.238 e. The summed E-state index contributed by atoms with van der Waals surface area (Å²) in [6, 6.07) is 36.8. The van der Waals surface area contributed by atoms with Crippen molar-refractivity contribution in [1.82, 2.24) is 29.5 Å². The Morgan fingerprint density at radius 1 is 0.500 bits per heavy atom. The Morgan fingerprint density at radius 2 is 1.05 bits per heavy atom. The summed E-state index contributed by atoms with van der Waals surface area (Å²) < 4.78 is 2.18. The Balaban J connectivity index is 1.51. The van der Waals surface area contributed by atoms with Crippen molar-refractivity contribution in [2.75, 3.05) is 0 Å². The van der Waals surface area contributed by atoms with E-state index >= 15 is 0 Å². The highest BCUT2D eigenvalue weighted by Crippen LogP contribution is 2.48. The van der Waals surface area contributed by atoms with E-state index in [2.05, 4.69) is 50.9 Å². The maximum atomic E-state index is 5.11. The van der Waals surface area contributed by atoms with Gasteiger partial charge in [0, 0.05) is 62.7 Å². The van der Waals surface area contributed by atoms with Crippen molar-refractivity contribution in [3.63, 3.8) is 0 Å². The molecule has 0 radical (unpaired) electrons. The number of benzene rings is 3. The van der Waals surface area contributed by atoms with E-state index in [4.69, 9.17) is 15.0 Å². The molecule has 7 heteroatoms. The van der Waals surface area contributed by atoms with Crippen LogP contribution in [-0.2, 0) is 0 Å². The average molecular weight is 559 g/mol. The molecule has 6 nitrogen and oxygen atoms in total. The molecule has 0 bridgehead atoms. The third kappa shape index (κ3) is 4.06. The zero-order valence-corrected chi connectivity index (χ0v) is 23.1. The van der Waals surface area contributed by atoms with Crippen LogP contribution >= 0.6 is 11.3 Å². The molecule has 0 aliphatic rings. The normalized spacial score (nSPS) is 11.3. The summed E-state index contributed by atoms with van der Waals surface area (Å²) in [7, 11) is 0. The number of aromatic nitrogens is 6. The fourth-order valence-corrected chi connectivity index (χ4v) is 6.66. The summed E-state index contributed by atoms with van der Waals surface area (Å²) in [5.41, 5.74) is 6.02. The molecule has 5 heterocycles. The number of hydrogen-bond donors (Lipinski definition) is 0. The number of para-hydroxylation sites is 1. The minimum atomic E-state index is 0.564. The van der Waals surface area contributed by atoms with Gasteiger partial charge >= 0.3 is 0 Å². The minimum absolute atomic E-state index is 0.564. The van der Waals surface area contributed by atoms with E-state index in [9.17, 15) is 0 Å². The minimum Gasteiger partial charge on any atom is -0.276 e. The highest BCUT2D eigenvalue weighted by Gasteiger charge is 2.25. The predicted octanol–water partition coefficient (Wildman–Crippen LogP) is 8.49. The molecule has 0 fully saturated rings. The fraction of sp³-hybridized carbons (Fsp3) is 0. The number of pyridine rings is 2. The van der Waals surface area contributed by atoms with Gasteiger partial charge in [0.2, 0.25) is 5.95 Å². The number of fused-ring (bicyclic) bond motifs is 3. The predicted molar refractivity (Wildman–Crippen MR) is 169 cm³/mol. The lowest BCUT2D eigenvalue weighted by Gasteiger charge is -2.11. The van der Waals surface area contributed by atoms with Crippen LogP contribution in [0.2, 0.25) is 0 Å². The quantitative estimate of drug-likeness (QED) is 0.212. The molecule has 3 aromatic carbocycles. The lowest BCUT2D eigenvalue weighted by molar-refractivity contribution is 0.954. The second-order valence-corrected chi connectivity index (χ2v) is 10.9. The summed E-state index contributed by atoms with van der Waals surface area (Å²) in [6.07, 6.45) is 7.45. The van der Waals surface area contributed by atoms with Crippen LogP contribution in [0, 0.1) is 0 Å². The van der Waals surface area contributed by atoms with Crippen LogP contribution in [0.4, 0.5) is 0 Å². The first kappa shape index (κ1) is 24.3. The van der Waals surface area contributed by atoms with Crippen LogP contribution in [0.3, 0.4) is 0 Å². The zero-order valence-electron chi connectivity index (χ0n) is 22.3. The number of thiophene rings is 1. The molecule has 8 rings (SSSR count). The number of rotatable bonds is 5. The van der Waals surface area contributed by atoms with Gasteiger partial charge in [-0.2, -0.15) is 9.97 Å². The van der Waals surface area contributed by atoms with Crippen molar-refractivity contribution >= 4 is 33.1 Å². The molecule has 8 aromatic rings. The molecule has 0 atom stereocenters. The molecule has 42 heavy (non-hydrogen) atoms. The Bertz CT molecular complexity index is 2120. The van der Waals surface area contributed by atoms with Crippen molar-refractivity contribution in [2.24, 2.45) is 0 Å². The highest BCUT2D eigenvalue weighted by atomic mass is 32.1. The molecule has 0 aliphatic carbocycles. The summed E-state index contributed by atoms with van der Waals surface area (Å²) >= 11 is 1.74. The van der Waals surface area contributed by atoms with Crippen molar-refractivity contribution in [3.8, 4) is 49.6 Å². The topological polar surface area (TPSA) is 69.4 Å². The van der Waals surface area contributed by atoms with Crippen LogP contribution in [0.1, 0.15) is 0 Å². The van der Waals surface area contributed by atoms with E-state index in [1.165, 1.54) is 0 Å². The molecule has 0 spiro atoms. The Morgan fingerprint density at radius 3 is 1.64 bits per heavy atom. The summed E-state index contributed by atoms with van der Waals surface area (Å²) in [5, 5.41) is 2.27. The van der Waals surface area contributed by atoms with Crippen LogP contribution < -0.4 is 0 Å². The largest absolute Gasteiger partial charge is 0.276 e. The van der Waals surface area contributed by atoms with Crippen molar-refractivity contribution in [2.45, 2.75) is 0 Å². The van der Waals surface area contributed by atoms with Crippen LogP contribution in [0.5, 0.6) is 0 Å². The fourth-order valence-electron chi connectivity index (χ4n) is 5.38. The van der Waals surface area contributed by atoms with E-state index in [0.29, 0.717) is 17.6 Å². The standard InChI is InChI=1S/C35H22N6S/c1-3-11-23(12-4-1)33-38-34(24-13-5-2-6-14-24)40-35(39-33)41-28-18-8-7-17-27(28)29-30(41)32(26-16-10-20-37-22-26)42-31(29)25-15-9-19-36-21-25/h1-22H. The molecule has 198 valence electrons. The molecule has 0 unspecified atom stereocenters. The maximum absolute atomic E-state index is 5.11. The Kier molecular flexibility index (Phi) is 5.86. The van der Waals surface area contributed by atoms with Crippen molar-refractivity contribution in [3.05, 3.63) is 134 Å². The van der Waals surface area contributed by atoms with Crippen molar-refractivity contribution < 1.29 is 0 Å². The first-order valence-corrected chi connectivity index (χ1v) is 14.4. The van der Waals surface area contributed by atoms with Gasteiger partial charge in [0.25, 0.3) is 0 Å². The number of nitrogens with zero attached hydrogens (tertiary/aromatic N) is 6. The molecule has 0 amide bonds. The van der Waals surface area contributed by atoms with E-state index in [-0.39, 0.29) is 0 Å². The van der Waals surface area contributed by atoms with E-state index in [1.807, 2.05) is 85.2 Å². The SMILES string of the molecule is c1ccc(-c2nc(-c3ccccc3)nc(-n3c4ccccc4c4c(-c5cccnc5)sc(-c5cccnc5)c43)n2)cc1. The van der Waals surface area contributed by atoms with Gasteiger partial charge in [0.05, 0.1) is 15.9 Å². The van der Waals surface area contributed by atoms with Gasteiger partial charge in [-0.1, -0.05) is 91.0 Å². The monoisotopic (exact) mass is 558 g/mol. The van der Waals surface area contributed by atoms with Gasteiger partial charge in [-0.25, -0.2) is 4.98 Å². The molecule has 0 N–H and O–H groups in total. The van der Waals surface area contributed by atoms with Gasteiger partial charge < -0.3 is 0 Å². The van der Waals surface area contributed by atoms with Gasteiger partial charge in [-0.3, -0.25) is 14.5 Å². The van der Waals surface area contributed by atoms with Gasteiger partial charge in [-0.05, 0) is 18.2 Å². The first-order valence-electron chi connectivity index (χ1n) is 13.6. The third-order valence-electron chi connectivity index (χ3n) is 7.26. The van der Waals surface area contributed by atoms with Gasteiger partial charge in [-0.15, -0.1) is 11.3 Å². The second kappa shape index (κ2) is 10.1. The molecule has 0 saturated carbocycles. The molecular formula is C35H22N6S. The van der Waals surface area contributed by atoms with E-state index < -0.39 is 0 Å². The first-order chi connectivity index (χ1) is 20.8. The molecule has 5 aromatic heterocycles. The lowest BCUT2D eigenvalue weighted by atomic mass is 10.1. The Hall–Kier alpha value is -5.53. The van der Waals surface area contributed by atoms with Crippen LogP contribution in [-0.4, -0.2) is 29.5 Å². The van der Waals surface area contributed by atoms with Gasteiger partial charge in [0.15, 0.2) is 11.6 Å². The van der Waals surface area contributed by atoms with Gasteiger partial charge in [0.1, 0.15) is 0 Å². The van der Waals surface area contributed by atoms with E-state index in [0.717, 1.165) is 53.8 Å². The average Bonchev–Trinajstić information content (AvgIpc) is 3.62. The zero-order chi connectivity index (χ0) is 27.9. The summed E-state index contributed by atoms with van der Waals surface area (Å²) in [5.74, 6) is 1.81. The van der Waals surface area contributed by atoms with E-state index in [1.54, 1.807) is 23.7 Å².